The summed E-state index contributed by atoms with van der Waals surface area (Å²) >= 11 is 2.22. The molecule has 0 unspecified atom stereocenters. The van der Waals surface area contributed by atoms with Crippen LogP contribution >= 0.6 is 22.6 Å². The maximum Gasteiger partial charge on any atom is 0.241 e. The van der Waals surface area contributed by atoms with Gasteiger partial charge in [0, 0.05) is 3.57 Å². The number of primary sulfonamides is 1. The average molecular weight is 417 g/mol. The smallest absolute Gasteiger partial charge is 0.241 e. The first-order valence-electron chi connectivity index (χ1n) is 6.28. The highest BCUT2D eigenvalue weighted by Gasteiger charge is 2.18. The summed E-state index contributed by atoms with van der Waals surface area (Å²) in [5, 5.41) is 5.28. The topological polar surface area (TPSA) is 69.4 Å². The molecule has 0 heterocycles. The number of rotatable bonds is 4. The summed E-state index contributed by atoms with van der Waals surface area (Å²) in [6.07, 6.45) is 0. The number of hydrogen-bond acceptors (Lipinski definition) is 3. The highest BCUT2D eigenvalue weighted by molar-refractivity contribution is 14.1. The summed E-state index contributed by atoms with van der Waals surface area (Å²) in [5.74, 6) is 0.321. The molecule has 0 atom stereocenters. The number of ether oxygens (including phenoxy) is 1. The molecule has 2 N–H and O–H groups in total. The largest absolute Gasteiger partial charge is 0.487 e. The molecule has 0 aliphatic heterocycles. The minimum Gasteiger partial charge on any atom is -0.487 e. The lowest BCUT2D eigenvalue weighted by Crippen LogP contribution is -2.15. The maximum absolute atomic E-state index is 11.7. The van der Waals surface area contributed by atoms with Crippen LogP contribution in [0.3, 0.4) is 0 Å². The molecule has 0 spiro atoms. The number of sulfonamides is 1. The van der Waals surface area contributed by atoms with Crippen molar-refractivity contribution >= 4 is 32.6 Å². The molecule has 0 aromatic heterocycles. The van der Waals surface area contributed by atoms with E-state index in [1.807, 2.05) is 44.2 Å². The second-order valence-corrected chi connectivity index (χ2v) is 7.64. The quantitative estimate of drug-likeness (QED) is 0.778. The fourth-order valence-corrected chi connectivity index (χ4v) is 3.24. The summed E-state index contributed by atoms with van der Waals surface area (Å²) in [7, 11) is -3.82. The van der Waals surface area contributed by atoms with Crippen LogP contribution in [0, 0.1) is 17.4 Å². The SMILES string of the molecule is Cc1cc(C)c(OCc2ccc(I)cc2)c(S(N)(=O)=O)c1. The Bertz CT molecular complexity index is 755. The normalized spacial score (nSPS) is 11.4. The van der Waals surface area contributed by atoms with Crippen LogP contribution in [-0.2, 0) is 16.6 Å². The van der Waals surface area contributed by atoms with Gasteiger partial charge in [-0.3, -0.25) is 0 Å². The zero-order chi connectivity index (χ0) is 15.6. The number of halogens is 1. The fourth-order valence-electron chi connectivity index (χ4n) is 2.05. The van der Waals surface area contributed by atoms with Gasteiger partial charge < -0.3 is 4.74 Å². The summed E-state index contributed by atoms with van der Waals surface area (Å²) in [6.45, 7) is 3.93. The first kappa shape index (κ1) is 16.3. The molecule has 2 rings (SSSR count). The molecule has 4 nitrogen and oxygen atoms in total. The van der Waals surface area contributed by atoms with Crippen LogP contribution in [0.4, 0.5) is 0 Å². The minimum absolute atomic E-state index is 0.0329. The maximum atomic E-state index is 11.7. The number of hydrogen-bond donors (Lipinski definition) is 1. The first-order valence-corrected chi connectivity index (χ1v) is 8.91. The molecule has 0 bridgehead atoms. The molecule has 0 radical (unpaired) electrons. The van der Waals surface area contributed by atoms with E-state index in [0.29, 0.717) is 12.4 Å². The Kier molecular flexibility index (Phi) is 4.90. The number of nitrogens with two attached hydrogens (primary N) is 1. The van der Waals surface area contributed by atoms with Gasteiger partial charge in [0.1, 0.15) is 17.3 Å². The van der Waals surface area contributed by atoms with Gasteiger partial charge >= 0.3 is 0 Å². The van der Waals surface area contributed by atoms with Gasteiger partial charge in [0.2, 0.25) is 10.0 Å². The predicted octanol–water partition coefficient (Wildman–Crippen LogP) is 3.13. The molecule has 0 saturated heterocycles. The highest BCUT2D eigenvalue weighted by atomic mass is 127. The molecular weight excluding hydrogens is 401 g/mol. The minimum atomic E-state index is -3.82. The van der Waals surface area contributed by atoms with Gasteiger partial charge in [-0.15, -0.1) is 0 Å². The van der Waals surface area contributed by atoms with Crippen molar-refractivity contribution in [2.75, 3.05) is 0 Å². The Labute approximate surface area is 138 Å². The van der Waals surface area contributed by atoms with Gasteiger partial charge in [-0.05, 0) is 71.3 Å². The van der Waals surface area contributed by atoms with Gasteiger partial charge in [-0.2, -0.15) is 0 Å². The molecule has 0 aliphatic rings. The molecule has 112 valence electrons. The van der Waals surface area contributed by atoms with Gasteiger partial charge in [0.25, 0.3) is 0 Å². The summed E-state index contributed by atoms with van der Waals surface area (Å²) in [5.41, 5.74) is 2.55. The lowest BCUT2D eigenvalue weighted by Gasteiger charge is -2.14. The van der Waals surface area contributed by atoms with Crippen molar-refractivity contribution in [3.63, 3.8) is 0 Å². The van der Waals surface area contributed by atoms with Crippen LogP contribution in [0.1, 0.15) is 16.7 Å². The summed E-state index contributed by atoms with van der Waals surface area (Å²) in [6, 6.07) is 11.2. The Hall–Kier alpha value is -1.12. The van der Waals surface area contributed by atoms with E-state index in [4.69, 9.17) is 9.88 Å². The Balaban J connectivity index is 2.33. The van der Waals surface area contributed by atoms with E-state index in [9.17, 15) is 8.42 Å². The molecule has 2 aromatic carbocycles. The second-order valence-electron chi connectivity index (χ2n) is 4.87. The molecule has 0 saturated carbocycles. The average Bonchev–Trinajstić information content (AvgIpc) is 2.38. The van der Waals surface area contributed by atoms with Crippen molar-refractivity contribution in [1.29, 1.82) is 0 Å². The van der Waals surface area contributed by atoms with E-state index in [-0.39, 0.29) is 4.90 Å². The molecular formula is C15H16INO3S. The summed E-state index contributed by atoms with van der Waals surface area (Å²) in [4.78, 5) is 0.0329. The van der Waals surface area contributed by atoms with E-state index in [2.05, 4.69) is 22.6 Å². The third-order valence-corrected chi connectivity index (χ3v) is 4.62. The van der Waals surface area contributed by atoms with Crippen molar-refractivity contribution in [3.05, 3.63) is 56.7 Å². The van der Waals surface area contributed by atoms with Gasteiger partial charge in [0.05, 0.1) is 0 Å². The van der Waals surface area contributed by atoms with Crippen molar-refractivity contribution in [2.45, 2.75) is 25.3 Å². The van der Waals surface area contributed by atoms with E-state index in [1.165, 1.54) is 6.07 Å². The van der Waals surface area contributed by atoms with Crippen LogP contribution in [0.25, 0.3) is 0 Å². The number of aryl methyl sites for hydroxylation is 2. The van der Waals surface area contributed by atoms with Crippen LogP contribution < -0.4 is 9.88 Å². The lowest BCUT2D eigenvalue weighted by atomic mass is 10.1. The predicted molar refractivity (Wildman–Crippen MR) is 90.8 cm³/mol. The second kappa shape index (κ2) is 6.33. The van der Waals surface area contributed by atoms with Crippen LogP contribution in [0.5, 0.6) is 5.75 Å². The van der Waals surface area contributed by atoms with Crippen molar-refractivity contribution in [1.82, 2.24) is 0 Å². The standard InChI is InChI=1S/C15H16INO3S/c1-10-7-11(2)15(14(8-10)21(17,18)19)20-9-12-3-5-13(16)6-4-12/h3-8H,9H2,1-2H3,(H2,17,18,19). The molecule has 6 heteroatoms. The van der Waals surface area contributed by atoms with E-state index < -0.39 is 10.0 Å². The van der Waals surface area contributed by atoms with E-state index in [0.717, 1.165) is 20.3 Å². The Morgan fingerprint density at radius 2 is 1.76 bits per heavy atom. The Morgan fingerprint density at radius 3 is 2.33 bits per heavy atom. The van der Waals surface area contributed by atoms with Crippen LogP contribution in [-0.4, -0.2) is 8.42 Å². The molecule has 0 aliphatic carbocycles. The van der Waals surface area contributed by atoms with Gasteiger partial charge in [-0.25, -0.2) is 13.6 Å². The first-order chi connectivity index (χ1) is 9.77. The third kappa shape index (κ3) is 4.18. The molecule has 21 heavy (non-hydrogen) atoms. The summed E-state index contributed by atoms with van der Waals surface area (Å²) < 4.78 is 30.3. The number of benzene rings is 2. The van der Waals surface area contributed by atoms with Gasteiger partial charge in [0.15, 0.2) is 0 Å². The molecule has 2 aromatic rings. The Morgan fingerprint density at radius 1 is 1.14 bits per heavy atom. The van der Waals surface area contributed by atoms with Gasteiger partial charge in [-0.1, -0.05) is 18.2 Å². The van der Waals surface area contributed by atoms with Crippen LogP contribution in [0.2, 0.25) is 0 Å². The van der Waals surface area contributed by atoms with Crippen molar-refractivity contribution in [2.24, 2.45) is 5.14 Å². The van der Waals surface area contributed by atoms with E-state index in [1.54, 1.807) is 0 Å². The third-order valence-electron chi connectivity index (χ3n) is 2.99. The fraction of sp³-hybridized carbons (Fsp3) is 0.200. The monoisotopic (exact) mass is 417 g/mol. The van der Waals surface area contributed by atoms with E-state index >= 15 is 0 Å². The molecule has 0 fully saturated rings. The highest BCUT2D eigenvalue weighted by Crippen LogP contribution is 2.29. The lowest BCUT2D eigenvalue weighted by molar-refractivity contribution is 0.295. The zero-order valence-electron chi connectivity index (χ0n) is 11.8. The van der Waals surface area contributed by atoms with Crippen molar-refractivity contribution < 1.29 is 13.2 Å². The van der Waals surface area contributed by atoms with Crippen LogP contribution in [0.15, 0.2) is 41.3 Å². The van der Waals surface area contributed by atoms with Crippen molar-refractivity contribution in [3.8, 4) is 5.75 Å². The zero-order valence-corrected chi connectivity index (χ0v) is 14.7. The molecule has 0 amide bonds.